The largest absolute Gasteiger partial charge is 0.452 e. The van der Waals surface area contributed by atoms with Crippen LogP contribution in [0.1, 0.15) is 15.9 Å². The normalized spacial score (nSPS) is 15.1. The number of morpholine rings is 1. The summed E-state index contributed by atoms with van der Waals surface area (Å²) in [5.74, 6) is -2.19. The van der Waals surface area contributed by atoms with Crippen molar-refractivity contribution in [2.24, 2.45) is 0 Å². The lowest BCUT2D eigenvalue weighted by atomic mass is 10.1. The standard InChI is InChI=1S/C20H17Cl2F3N2O6S/c21-12-1-4-17(15(9-12)20(23,24)25)26-18(28)11-33-19(29)14-10-13(2-3-16(14)22)34(30,31)27-5-7-32-8-6-27/h1-4,9-10H,5-8,11H2,(H,26,28). The number of carbonyl (C=O) groups excluding carboxylic acids is 2. The second-order valence-electron chi connectivity index (χ2n) is 6.97. The second-order valence-corrected chi connectivity index (χ2v) is 9.75. The van der Waals surface area contributed by atoms with E-state index in [9.17, 15) is 31.2 Å². The summed E-state index contributed by atoms with van der Waals surface area (Å²) >= 11 is 11.6. The second kappa shape index (κ2) is 10.5. The summed E-state index contributed by atoms with van der Waals surface area (Å²) < 4.78 is 76.2. The van der Waals surface area contributed by atoms with E-state index in [0.717, 1.165) is 18.2 Å². The van der Waals surface area contributed by atoms with Gasteiger partial charge in [-0.05, 0) is 36.4 Å². The summed E-state index contributed by atoms with van der Waals surface area (Å²) in [6.45, 7) is -0.235. The van der Waals surface area contributed by atoms with Crippen LogP contribution in [0.25, 0.3) is 0 Å². The summed E-state index contributed by atoms with van der Waals surface area (Å²) in [6, 6.07) is 6.17. The van der Waals surface area contributed by atoms with Gasteiger partial charge in [0.05, 0.1) is 39.9 Å². The molecule has 0 saturated carbocycles. The number of rotatable bonds is 6. The highest BCUT2D eigenvalue weighted by atomic mass is 35.5. The topological polar surface area (TPSA) is 102 Å². The molecule has 0 aliphatic carbocycles. The summed E-state index contributed by atoms with van der Waals surface area (Å²) in [6.07, 6.45) is -4.79. The third-order valence-electron chi connectivity index (χ3n) is 4.66. The highest BCUT2D eigenvalue weighted by molar-refractivity contribution is 7.89. The van der Waals surface area contributed by atoms with E-state index in [-0.39, 0.29) is 46.8 Å². The lowest BCUT2D eigenvalue weighted by molar-refractivity contribution is -0.137. The van der Waals surface area contributed by atoms with Gasteiger partial charge in [0.25, 0.3) is 5.91 Å². The molecule has 1 heterocycles. The highest BCUT2D eigenvalue weighted by Gasteiger charge is 2.34. The van der Waals surface area contributed by atoms with Crippen molar-refractivity contribution in [2.75, 3.05) is 38.2 Å². The molecule has 1 amide bonds. The van der Waals surface area contributed by atoms with E-state index in [1.165, 1.54) is 16.4 Å². The Hall–Kier alpha value is -2.38. The maximum Gasteiger partial charge on any atom is 0.418 e. The van der Waals surface area contributed by atoms with Crippen molar-refractivity contribution in [3.8, 4) is 0 Å². The molecule has 1 fully saturated rings. The first-order chi connectivity index (χ1) is 15.9. The minimum Gasteiger partial charge on any atom is -0.452 e. The fraction of sp³-hybridized carbons (Fsp3) is 0.300. The van der Waals surface area contributed by atoms with Crippen LogP contribution in [0.5, 0.6) is 0 Å². The lowest BCUT2D eigenvalue weighted by Crippen LogP contribution is -2.40. The number of amides is 1. The molecular formula is C20H17Cl2F3N2O6S. The van der Waals surface area contributed by atoms with Crippen molar-refractivity contribution in [3.63, 3.8) is 0 Å². The van der Waals surface area contributed by atoms with Crippen molar-refractivity contribution in [1.82, 2.24) is 4.31 Å². The van der Waals surface area contributed by atoms with Crippen LogP contribution in [-0.2, 0) is 30.5 Å². The van der Waals surface area contributed by atoms with Gasteiger partial charge in [0.15, 0.2) is 6.61 Å². The molecule has 1 saturated heterocycles. The fourth-order valence-electron chi connectivity index (χ4n) is 3.01. The quantitative estimate of drug-likeness (QED) is 0.558. The van der Waals surface area contributed by atoms with Crippen LogP contribution in [0, 0.1) is 0 Å². The van der Waals surface area contributed by atoms with Crippen LogP contribution in [0.2, 0.25) is 10.0 Å². The van der Waals surface area contributed by atoms with Gasteiger partial charge in [0, 0.05) is 18.1 Å². The first kappa shape index (κ1) is 26.2. The number of carbonyl (C=O) groups is 2. The Morgan fingerprint density at radius 2 is 1.76 bits per heavy atom. The molecule has 3 rings (SSSR count). The van der Waals surface area contributed by atoms with Crippen LogP contribution >= 0.6 is 23.2 Å². The first-order valence-electron chi connectivity index (χ1n) is 9.61. The smallest absolute Gasteiger partial charge is 0.418 e. The Bertz CT molecular complexity index is 1200. The number of hydrogen-bond donors (Lipinski definition) is 1. The Morgan fingerprint density at radius 1 is 1.09 bits per heavy atom. The van der Waals surface area contributed by atoms with E-state index >= 15 is 0 Å². The number of halogens is 5. The molecule has 0 bridgehead atoms. The molecule has 0 radical (unpaired) electrons. The average molecular weight is 541 g/mol. The predicted octanol–water partition coefficient (Wildman–Crippen LogP) is 3.83. The molecule has 0 aromatic heterocycles. The van der Waals surface area contributed by atoms with E-state index in [1.54, 1.807) is 0 Å². The molecule has 14 heteroatoms. The number of esters is 1. The van der Waals surface area contributed by atoms with Gasteiger partial charge in [-0.15, -0.1) is 0 Å². The molecule has 1 N–H and O–H groups in total. The van der Waals surface area contributed by atoms with Gasteiger partial charge in [-0.25, -0.2) is 13.2 Å². The van der Waals surface area contributed by atoms with Gasteiger partial charge >= 0.3 is 12.1 Å². The summed E-state index contributed by atoms with van der Waals surface area (Å²) in [4.78, 5) is 24.3. The Kier molecular flexibility index (Phi) is 8.09. The van der Waals surface area contributed by atoms with Crippen molar-refractivity contribution in [3.05, 3.63) is 57.6 Å². The van der Waals surface area contributed by atoms with Crippen molar-refractivity contribution in [1.29, 1.82) is 0 Å². The van der Waals surface area contributed by atoms with E-state index < -0.39 is 45.9 Å². The first-order valence-corrected chi connectivity index (χ1v) is 11.8. The Labute approximate surface area is 202 Å². The van der Waals surface area contributed by atoms with Gasteiger partial charge in [-0.2, -0.15) is 17.5 Å². The molecule has 8 nitrogen and oxygen atoms in total. The number of anilines is 1. The van der Waals surface area contributed by atoms with Crippen LogP contribution < -0.4 is 5.32 Å². The van der Waals surface area contributed by atoms with Gasteiger partial charge in [-0.1, -0.05) is 23.2 Å². The van der Waals surface area contributed by atoms with Crippen LogP contribution in [0.4, 0.5) is 18.9 Å². The maximum absolute atomic E-state index is 13.2. The number of hydrogen-bond acceptors (Lipinski definition) is 6. The molecular weight excluding hydrogens is 524 g/mol. The van der Waals surface area contributed by atoms with Gasteiger partial charge in [-0.3, -0.25) is 4.79 Å². The third-order valence-corrected chi connectivity index (χ3v) is 7.12. The SMILES string of the molecule is O=C(COC(=O)c1cc(S(=O)(=O)N2CCOCC2)ccc1Cl)Nc1ccc(Cl)cc1C(F)(F)F. The minimum absolute atomic E-state index is 0.134. The number of benzene rings is 2. The fourth-order valence-corrected chi connectivity index (χ4v) is 4.81. The monoisotopic (exact) mass is 540 g/mol. The number of alkyl halides is 3. The molecule has 0 spiro atoms. The van der Waals surface area contributed by atoms with E-state index in [0.29, 0.717) is 6.07 Å². The average Bonchev–Trinajstić information content (AvgIpc) is 2.78. The van der Waals surface area contributed by atoms with Crippen LogP contribution in [0.15, 0.2) is 41.3 Å². The van der Waals surface area contributed by atoms with Gasteiger partial charge in [0.1, 0.15) is 0 Å². The molecule has 34 heavy (non-hydrogen) atoms. The minimum atomic E-state index is -4.79. The maximum atomic E-state index is 13.2. The molecule has 0 atom stereocenters. The van der Waals surface area contributed by atoms with Crippen molar-refractivity contribution in [2.45, 2.75) is 11.1 Å². The number of nitrogens with zero attached hydrogens (tertiary/aromatic N) is 1. The molecule has 1 aliphatic heterocycles. The summed E-state index contributed by atoms with van der Waals surface area (Å²) in [5.41, 5.74) is -2.08. The predicted molar refractivity (Wildman–Crippen MR) is 116 cm³/mol. The number of sulfonamides is 1. The highest BCUT2D eigenvalue weighted by Crippen LogP contribution is 2.36. The summed E-state index contributed by atoms with van der Waals surface area (Å²) in [7, 11) is -3.94. The zero-order valence-corrected chi connectivity index (χ0v) is 19.5. The van der Waals surface area contributed by atoms with E-state index in [1.807, 2.05) is 5.32 Å². The molecule has 0 unspecified atom stereocenters. The zero-order valence-electron chi connectivity index (χ0n) is 17.2. The Morgan fingerprint density at radius 3 is 2.41 bits per heavy atom. The van der Waals surface area contributed by atoms with E-state index in [2.05, 4.69) is 0 Å². The van der Waals surface area contributed by atoms with Crippen molar-refractivity contribution >= 4 is 50.8 Å². The number of nitrogens with one attached hydrogen (secondary N) is 1. The lowest BCUT2D eigenvalue weighted by Gasteiger charge is -2.26. The van der Waals surface area contributed by atoms with Crippen LogP contribution in [0.3, 0.4) is 0 Å². The van der Waals surface area contributed by atoms with Gasteiger partial charge in [0.2, 0.25) is 10.0 Å². The molecule has 2 aromatic carbocycles. The van der Waals surface area contributed by atoms with Gasteiger partial charge < -0.3 is 14.8 Å². The van der Waals surface area contributed by atoms with E-state index in [4.69, 9.17) is 32.7 Å². The zero-order chi connectivity index (χ0) is 25.1. The van der Waals surface area contributed by atoms with Crippen LogP contribution in [-0.4, -0.2) is 57.5 Å². The number of ether oxygens (including phenoxy) is 2. The third kappa shape index (κ3) is 6.19. The molecule has 184 valence electrons. The Balaban J connectivity index is 1.71. The summed E-state index contributed by atoms with van der Waals surface area (Å²) in [5, 5.41) is 1.68. The molecule has 2 aromatic rings. The van der Waals surface area contributed by atoms with Crippen molar-refractivity contribution < 1.29 is 40.7 Å². The molecule has 1 aliphatic rings.